The molecule has 3 N–H and O–H groups in total. The summed E-state index contributed by atoms with van der Waals surface area (Å²) in [6.07, 6.45) is 1.42. The molecule has 0 bridgehead atoms. The van der Waals surface area contributed by atoms with E-state index in [4.69, 9.17) is 18.9 Å². The second-order valence-corrected chi connectivity index (χ2v) is 11.2. The maximum atomic E-state index is 13.7. The minimum absolute atomic E-state index is 0.142. The largest absolute Gasteiger partial charge is 0.497 e. The number of benzene rings is 1. The van der Waals surface area contributed by atoms with Gasteiger partial charge in [0.25, 0.3) is 0 Å². The van der Waals surface area contributed by atoms with Crippen molar-refractivity contribution < 1.29 is 38.1 Å². The molecule has 3 aliphatic heterocycles. The summed E-state index contributed by atoms with van der Waals surface area (Å²) in [5.41, 5.74) is -0.120. The van der Waals surface area contributed by atoms with Gasteiger partial charge in [0.1, 0.15) is 23.4 Å². The molecule has 3 fully saturated rings. The predicted octanol–water partition coefficient (Wildman–Crippen LogP) is -0.171. The van der Waals surface area contributed by atoms with Gasteiger partial charge in [-0.15, -0.1) is 0 Å². The summed E-state index contributed by atoms with van der Waals surface area (Å²) >= 11 is 0. The quantitative estimate of drug-likeness (QED) is 0.258. The molecule has 0 aliphatic carbocycles. The van der Waals surface area contributed by atoms with Gasteiger partial charge >= 0.3 is 0 Å². The van der Waals surface area contributed by atoms with Crippen LogP contribution >= 0.6 is 0 Å². The van der Waals surface area contributed by atoms with Crippen LogP contribution in [0.1, 0.15) is 32.3 Å². The Morgan fingerprint density at radius 1 is 1.00 bits per heavy atom. The first-order chi connectivity index (χ1) is 19.7. The number of epoxide rings is 1. The molecule has 3 saturated heterocycles. The van der Waals surface area contributed by atoms with E-state index < -0.39 is 35.5 Å². The fourth-order valence-electron chi connectivity index (χ4n) is 5.04. The van der Waals surface area contributed by atoms with Crippen LogP contribution in [0, 0.1) is 5.92 Å². The van der Waals surface area contributed by atoms with Gasteiger partial charge in [0, 0.05) is 32.7 Å². The summed E-state index contributed by atoms with van der Waals surface area (Å²) in [5, 5.41) is 8.42. The Labute approximate surface area is 240 Å². The van der Waals surface area contributed by atoms with Crippen LogP contribution in [0.3, 0.4) is 0 Å². The highest BCUT2D eigenvalue weighted by atomic mass is 16.6. The Morgan fingerprint density at radius 2 is 1.68 bits per heavy atom. The molecule has 0 radical (unpaired) electrons. The third-order valence-corrected chi connectivity index (χ3v) is 7.80. The molecule has 0 saturated carbocycles. The van der Waals surface area contributed by atoms with Crippen LogP contribution in [0.25, 0.3) is 0 Å². The standard InChI is InChI=1S/C29H42N4O8/c1-19(30-25(34)16-33-9-12-39-13-10-33)27(36)32-24(14-20-4-6-22(38-3)7-5-20)28(37)31-23(15-21-8-11-40-17-21)26(35)29(2)18-41-29/h4-7,19,21,23-24H,8-18H2,1-3H3,(H,30,34)(H,31,37)(H,32,36)/t19-,21-,23-,24-,29-/m0/s1. The van der Waals surface area contributed by atoms with E-state index in [0.717, 1.165) is 12.0 Å². The molecule has 1 aromatic carbocycles. The first-order valence-corrected chi connectivity index (χ1v) is 14.3. The van der Waals surface area contributed by atoms with E-state index in [1.165, 1.54) is 0 Å². The summed E-state index contributed by atoms with van der Waals surface area (Å²) < 4.78 is 21.4. The van der Waals surface area contributed by atoms with Crippen molar-refractivity contribution >= 4 is 23.5 Å². The van der Waals surface area contributed by atoms with E-state index in [1.807, 2.05) is 17.0 Å². The van der Waals surface area contributed by atoms with E-state index in [2.05, 4.69) is 16.0 Å². The van der Waals surface area contributed by atoms with E-state index in [-0.39, 0.29) is 30.6 Å². The Hall–Kier alpha value is -3.06. The predicted molar refractivity (Wildman–Crippen MR) is 148 cm³/mol. The molecular weight excluding hydrogens is 532 g/mol. The van der Waals surface area contributed by atoms with Gasteiger partial charge < -0.3 is 34.9 Å². The van der Waals surface area contributed by atoms with Gasteiger partial charge in [-0.2, -0.15) is 0 Å². The van der Waals surface area contributed by atoms with Crippen LogP contribution in [0.15, 0.2) is 24.3 Å². The van der Waals surface area contributed by atoms with Crippen LogP contribution in [0.2, 0.25) is 0 Å². The first-order valence-electron chi connectivity index (χ1n) is 14.3. The normalized spacial score (nSPS) is 24.5. The number of carbonyl (C=O) groups excluding carboxylic acids is 4. The maximum absolute atomic E-state index is 13.7. The Bertz CT molecular complexity index is 1070. The van der Waals surface area contributed by atoms with Crippen molar-refractivity contribution in [2.45, 2.75) is 56.8 Å². The fraction of sp³-hybridized carbons (Fsp3) is 0.655. The molecule has 0 unspecified atom stereocenters. The summed E-state index contributed by atoms with van der Waals surface area (Å²) in [7, 11) is 1.57. The smallest absolute Gasteiger partial charge is 0.243 e. The highest BCUT2D eigenvalue weighted by Crippen LogP contribution is 2.31. The Balaban J connectivity index is 1.43. The molecule has 226 valence electrons. The summed E-state index contributed by atoms with van der Waals surface area (Å²) in [5.74, 6) is -0.648. The maximum Gasteiger partial charge on any atom is 0.243 e. The number of Topliss-reactive ketones (excluding diaryl/α,β-unsaturated/α-hetero) is 1. The van der Waals surface area contributed by atoms with Gasteiger partial charge in [0.05, 0.1) is 39.5 Å². The Kier molecular flexibility index (Phi) is 10.7. The zero-order chi connectivity index (χ0) is 29.4. The van der Waals surface area contributed by atoms with Gasteiger partial charge in [0.15, 0.2) is 5.78 Å². The number of rotatable bonds is 14. The molecule has 4 rings (SSSR count). The number of hydrogen-bond acceptors (Lipinski definition) is 9. The molecule has 12 heteroatoms. The van der Waals surface area contributed by atoms with Crippen molar-refractivity contribution in [2.24, 2.45) is 5.92 Å². The highest BCUT2D eigenvalue weighted by Gasteiger charge is 2.50. The molecule has 3 heterocycles. The average molecular weight is 575 g/mol. The van der Waals surface area contributed by atoms with Crippen molar-refractivity contribution in [3.63, 3.8) is 0 Å². The number of ketones is 1. The average Bonchev–Trinajstić information content (AvgIpc) is 3.51. The highest BCUT2D eigenvalue weighted by molar-refractivity contribution is 5.98. The van der Waals surface area contributed by atoms with Gasteiger partial charge in [-0.25, -0.2) is 0 Å². The summed E-state index contributed by atoms with van der Waals surface area (Å²) in [4.78, 5) is 54.6. The molecule has 0 spiro atoms. The zero-order valence-electron chi connectivity index (χ0n) is 24.1. The van der Waals surface area contributed by atoms with Crippen molar-refractivity contribution in [3.8, 4) is 5.75 Å². The third kappa shape index (κ3) is 8.96. The minimum atomic E-state index is -0.988. The number of ether oxygens (including phenoxy) is 4. The van der Waals surface area contributed by atoms with E-state index in [0.29, 0.717) is 58.3 Å². The number of nitrogens with zero attached hydrogens (tertiary/aromatic N) is 1. The van der Waals surface area contributed by atoms with Crippen molar-refractivity contribution in [1.82, 2.24) is 20.9 Å². The first kappa shape index (κ1) is 30.9. The molecule has 3 aliphatic rings. The van der Waals surface area contributed by atoms with Gasteiger partial charge in [0.2, 0.25) is 17.7 Å². The number of hydrogen-bond donors (Lipinski definition) is 3. The number of carbonyl (C=O) groups is 4. The second-order valence-electron chi connectivity index (χ2n) is 11.2. The van der Waals surface area contributed by atoms with Crippen LogP contribution in [0.5, 0.6) is 5.75 Å². The Morgan fingerprint density at radius 3 is 2.29 bits per heavy atom. The minimum Gasteiger partial charge on any atom is -0.497 e. The number of amides is 3. The number of methoxy groups -OCH3 is 1. The van der Waals surface area contributed by atoms with Crippen molar-refractivity contribution in [2.75, 3.05) is 59.8 Å². The van der Waals surface area contributed by atoms with Crippen LogP contribution in [-0.4, -0.2) is 112 Å². The lowest BCUT2D eigenvalue weighted by Crippen LogP contribution is -2.57. The van der Waals surface area contributed by atoms with Crippen LogP contribution in [0.4, 0.5) is 0 Å². The summed E-state index contributed by atoms with van der Waals surface area (Å²) in [6.45, 7) is 7.35. The molecule has 5 atom stereocenters. The SMILES string of the molecule is COc1ccc(C[C@H](NC(=O)[C@H](C)NC(=O)CN2CCOCC2)C(=O)N[C@@H](C[C@@H]2CCOC2)C(=O)[C@]2(C)CO2)cc1. The van der Waals surface area contributed by atoms with E-state index in [9.17, 15) is 19.2 Å². The van der Waals surface area contributed by atoms with Gasteiger partial charge in [-0.3, -0.25) is 24.1 Å². The molecule has 41 heavy (non-hydrogen) atoms. The van der Waals surface area contributed by atoms with Gasteiger partial charge in [-0.1, -0.05) is 12.1 Å². The zero-order valence-corrected chi connectivity index (χ0v) is 24.1. The van der Waals surface area contributed by atoms with Crippen LogP contribution in [-0.2, 0) is 39.8 Å². The second kappa shape index (κ2) is 14.2. The lowest BCUT2D eigenvalue weighted by Gasteiger charge is -2.27. The lowest BCUT2D eigenvalue weighted by molar-refractivity contribution is -0.134. The van der Waals surface area contributed by atoms with E-state index >= 15 is 0 Å². The van der Waals surface area contributed by atoms with E-state index in [1.54, 1.807) is 33.1 Å². The lowest BCUT2D eigenvalue weighted by atomic mass is 9.91. The van der Waals surface area contributed by atoms with Crippen molar-refractivity contribution in [3.05, 3.63) is 29.8 Å². The molecule has 3 amide bonds. The third-order valence-electron chi connectivity index (χ3n) is 7.80. The molecule has 1 aromatic rings. The summed E-state index contributed by atoms with van der Waals surface area (Å²) in [6, 6.07) is 4.55. The van der Waals surface area contributed by atoms with Crippen LogP contribution < -0.4 is 20.7 Å². The molecule has 12 nitrogen and oxygen atoms in total. The molecule has 0 aromatic heterocycles. The molecular formula is C29H42N4O8. The topological polar surface area (TPSA) is 148 Å². The monoisotopic (exact) mass is 574 g/mol. The number of nitrogens with one attached hydrogen (secondary N) is 3. The number of morpholine rings is 1. The fourth-order valence-corrected chi connectivity index (χ4v) is 5.04. The van der Waals surface area contributed by atoms with Gasteiger partial charge in [-0.05, 0) is 50.3 Å². The van der Waals surface area contributed by atoms with Crippen molar-refractivity contribution in [1.29, 1.82) is 0 Å².